The van der Waals surface area contributed by atoms with Crippen LogP contribution in [-0.2, 0) is 0 Å². The molecule has 0 aromatic heterocycles. The van der Waals surface area contributed by atoms with Crippen molar-refractivity contribution in [3.05, 3.63) is 23.3 Å². The van der Waals surface area contributed by atoms with E-state index in [0.29, 0.717) is 17.1 Å². The molecule has 0 spiro atoms. The number of nitrogens with zero attached hydrogens (tertiary/aromatic N) is 1. The zero-order chi connectivity index (χ0) is 11.4. The maximum Gasteiger partial charge on any atom is 0.177 e. The largest absolute Gasteiger partial charge is 0.496 e. The third-order valence-corrected chi connectivity index (χ3v) is 2.01. The Morgan fingerprint density at radius 3 is 2.07 bits per heavy atom. The summed E-state index contributed by atoms with van der Waals surface area (Å²) >= 11 is 0. The first-order valence-electron chi connectivity index (χ1n) is 4.34. The van der Waals surface area contributed by atoms with Gasteiger partial charge in [0.15, 0.2) is 5.84 Å². The fraction of sp³-hybridized carbons (Fsp3) is 0.300. The Labute approximate surface area is 88.1 Å². The van der Waals surface area contributed by atoms with Crippen molar-refractivity contribution in [3.63, 3.8) is 0 Å². The van der Waals surface area contributed by atoms with E-state index in [2.05, 4.69) is 5.16 Å². The van der Waals surface area contributed by atoms with Crippen LogP contribution in [0, 0.1) is 6.92 Å². The van der Waals surface area contributed by atoms with Gasteiger partial charge in [-0.15, -0.1) is 0 Å². The maximum atomic E-state index is 8.65. The third-order valence-electron chi connectivity index (χ3n) is 2.01. The summed E-state index contributed by atoms with van der Waals surface area (Å²) < 4.78 is 10.3. The number of hydrogen-bond acceptors (Lipinski definition) is 4. The van der Waals surface area contributed by atoms with Gasteiger partial charge in [0.05, 0.1) is 14.2 Å². The summed E-state index contributed by atoms with van der Waals surface area (Å²) in [6, 6.07) is 3.58. The second-order valence-electron chi connectivity index (χ2n) is 3.03. The van der Waals surface area contributed by atoms with Crippen LogP contribution in [0.1, 0.15) is 11.1 Å². The molecule has 5 heteroatoms. The van der Waals surface area contributed by atoms with Gasteiger partial charge < -0.3 is 20.4 Å². The van der Waals surface area contributed by atoms with Crippen LogP contribution in [0.4, 0.5) is 0 Å². The van der Waals surface area contributed by atoms with Gasteiger partial charge in [-0.25, -0.2) is 0 Å². The van der Waals surface area contributed by atoms with Crippen LogP contribution < -0.4 is 15.2 Å². The highest BCUT2D eigenvalue weighted by molar-refractivity contribution is 6.02. The smallest absolute Gasteiger partial charge is 0.177 e. The first-order valence-corrected chi connectivity index (χ1v) is 4.34. The zero-order valence-corrected chi connectivity index (χ0v) is 8.94. The molecule has 1 rings (SSSR count). The average molecular weight is 210 g/mol. The van der Waals surface area contributed by atoms with Crippen LogP contribution in [0.15, 0.2) is 17.3 Å². The second kappa shape index (κ2) is 4.54. The van der Waals surface area contributed by atoms with Crippen LogP contribution >= 0.6 is 0 Å². The van der Waals surface area contributed by atoms with Crippen molar-refractivity contribution in [2.75, 3.05) is 14.2 Å². The van der Waals surface area contributed by atoms with Crippen LogP contribution in [0.2, 0.25) is 0 Å². The molecule has 0 aliphatic rings. The molecule has 0 bridgehead atoms. The standard InChI is InChI=1S/C10H14N2O3/c1-6-4-7(14-2)9(10(11)12-13)8(5-6)15-3/h4-5,13H,1-3H3,(H2,11,12). The predicted molar refractivity (Wildman–Crippen MR) is 56.8 cm³/mol. The molecule has 0 fully saturated rings. The second-order valence-corrected chi connectivity index (χ2v) is 3.03. The summed E-state index contributed by atoms with van der Waals surface area (Å²) in [7, 11) is 3.03. The first kappa shape index (κ1) is 11.2. The zero-order valence-electron chi connectivity index (χ0n) is 8.94. The van der Waals surface area contributed by atoms with Crippen molar-refractivity contribution in [3.8, 4) is 11.5 Å². The summed E-state index contributed by atoms with van der Waals surface area (Å²) in [4.78, 5) is 0. The number of nitrogens with two attached hydrogens (primary N) is 1. The van der Waals surface area contributed by atoms with E-state index >= 15 is 0 Å². The van der Waals surface area contributed by atoms with E-state index in [1.54, 1.807) is 12.1 Å². The third kappa shape index (κ3) is 2.12. The minimum Gasteiger partial charge on any atom is -0.496 e. The molecule has 15 heavy (non-hydrogen) atoms. The van der Waals surface area contributed by atoms with E-state index in [4.69, 9.17) is 20.4 Å². The number of rotatable bonds is 3. The van der Waals surface area contributed by atoms with Crippen molar-refractivity contribution in [1.82, 2.24) is 0 Å². The summed E-state index contributed by atoms with van der Waals surface area (Å²) in [5.41, 5.74) is 6.96. The molecule has 0 aliphatic heterocycles. The molecule has 0 heterocycles. The Balaban J connectivity index is 3.44. The molecule has 0 saturated heterocycles. The normalized spacial score (nSPS) is 11.3. The molecule has 82 valence electrons. The van der Waals surface area contributed by atoms with E-state index < -0.39 is 0 Å². The molecule has 0 saturated carbocycles. The van der Waals surface area contributed by atoms with Gasteiger partial charge in [0.2, 0.25) is 0 Å². The molecule has 0 atom stereocenters. The van der Waals surface area contributed by atoms with Crippen LogP contribution in [0.5, 0.6) is 11.5 Å². The Morgan fingerprint density at radius 1 is 1.27 bits per heavy atom. The van der Waals surface area contributed by atoms with Crippen molar-refractivity contribution in [2.45, 2.75) is 6.92 Å². The lowest BCUT2D eigenvalue weighted by Crippen LogP contribution is -2.16. The van der Waals surface area contributed by atoms with Gasteiger partial charge in [-0.2, -0.15) is 0 Å². The van der Waals surface area contributed by atoms with Gasteiger partial charge in [0.25, 0.3) is 0 Å². The highest BCUT2D eigenvalue weighted by Crippen LogP contribution is 2.29. The predicted octanol–water partition coefficient (Wildman–Crippen LogP) is 1.11. The van der Waals surface area contributed by atoms with Gasteiger partial charge in [0.1, 0.15) is 17.1 Å². The quantitative estimate of drug-likeness (QED) is 0.339. The number of benzene rings is 1. The van der Waals surface area contributed by atoms with Crippen LogP contribution in [-0.4, -0.2) is 25.3 Å². The minimum atomic E-state index is -0.0382. The Hall–Kier alpha value is -1.91. The van der Waals surface area contributed by atoms with E-state index in [0.717, 1.165) is 5.56 Å². The summed E-state index contributed by atoms with van der Waals surface area (Å²) in [6.07, 6.45) is 0. The molecule has 0 radical (unpaired) electrons. The van der Waals surface area contributed by atoms with E-state index in [9.17, 15) is 0 Å². The molecule has 0 amide bonds. The molecule has 1 aromatic carbocycles. The van der Waals surface area contributed by atoms with Gasteiger partial charge in [-0.3, -0.25) is 0 Å². The van der Waals surface area contributed by atoms with Gasteiger partial charge in [-0.1, -0.05) is 5.16 Å². The minimum absolute atomic E-state index is 0.0382. The Kier molecular flexibility index (Phi) is 3.38. The Bertz CT molecular complexity index is 363. The lowest BCUT2D eigenvalue weighted by atomic mass is 10.1. The topological polar surface area (TPSA) is 77.1 Å². The summed E-state index contributed by atoms with van der Waals surface area (Å²) in [5.74, 6) is 0.994. The Morgan fingerprint density at radius 2 is 1.73 bits per heavy atom. The highest BCUT2D eigenvalue weighted by Gasteiger charge is 2.15. The van der Waals surface area contributed by atoms with Crippen LogP contribution in [0.3, 0.4) is 0 Å². The van der Waals surface area contributed by atoms with Gasteiger partial charge >= 0.3 is 0 Å². The summed E-state index contributed by atoms with van der Waals surface area (Å²) in [5, 5.41) is 11.6. The number of hydrogen-bond donors (Lipinski definition) is 2. The molecule has 1 aromatic rings. The number of amidine groups is 1. The molecule has 0 aliphatic carbocycles. The fourth-order valence-electron chi connectivity index (χ4n) is 1.35. The average Bonchev–Trinajstić information content (AvgIpc) is 2.26. The van der Waals surface area contributed by atoms with E-state index in [1.807, 2.05) is 6.92 Å². The monoisotopic (exact) mass is 210 g/mol. The molecule has 5 nitrogen and oxygen atoms in total. The lowest BCUT2D eigenvalue weighted by Gasteiger charge is -2.12. The van der Waals surface area contributed by atoms with E-state index in [-0.39, 0.29) is 5.84 Å². The first-order chi connectivity index (χ1) is 7.13. The maximum absolute atomic E-state index is 8.65. The molecular formula is C10H14N2O3. The number of oxime groups is 1. The van der Waals surface area contributed by atoms with E-state index in [1.165, 1.54) is 14.2 Å². The van der Waals surface area contributed by atoms with Crippen LogP contribution in [0.25, 0.3) is 0 Å². The van der Waals surface area contributed by atoms with Crippen molar-refractivity contribution in [1.29, 1.82) is 0 Å². The lowest BCUT2D eigenvalue weighted by molar-refractivity contribution is 0.317. The van der Waals surface area contributed by atoms with Crippen molar-refractivity contribution >= 4 is 5.84 Å². The van der Waals surface area contributed by atoms with Gasteiger partial charge in [0, 0.05) is 0 Å². The SMILES string of the molecule is COc1cc(C)cc(OC)c1/C(N)=N/O. The molecule has 0 unspecified atom stereocenters. The number of ether oxygens (including phenoxy) is 2. The van der Waals surface area contributed by atoms with Crippen molar-refractivity contribution < 1.29 is 14.7 Å². The number of methoxy groups -OCH3 is 2. The van der Waals surface area contributed by atoms with Crippen molar-refractivity contribution in [2.24, 2.45) is 10.9 Å². The molecular weight excluding hydrogens is 196 g/mol. The summed E-state index contributed by atoms with van der Waals surface area (Å²) in [6.45, 7) is 1.90. The highest BCUT2D eigenvalue weighted by atomic mass is 16.5. The number of aryl methyl sites for hydroxylation is 1. The van der Waals surface area contributed by atoms with Gasteiger partial charge in [-0.05, 0) is 24.6 Å². The molecule has 3 N–H and O–H groups in total. The fourth-order valence-corrected chi connectivity index (χ4v) is 1.35.